The SMILES string of the molecule is Cc1ccc(Cl)cc1N(C(C)C(=O)NC(C)C(C)C)S(C)(=O)=O. The molecule has 5 nitrogen and oxygen atoms in total. The van der Waals surface area contributed by atoms with E-state index < -0.39 is 16.1 Å². The second kappa shape index (κ2) is 7.53. The summed E-state index contributed by atoms with van der Waals surface area (Å²) in [5.74, 6) is -0.0817. The summed E-state index contributed by atoms with van der Waals surface area (Å²) in [7, 11) is -3.64. The van der Waals surface area contributed by atoms with Gasteiger partial charge in [0.15, 0.2) is 0 Å². The number of nitrogens with zero attached hydrogens (tertiary/aromatic N) is 1. The van der Waals surface area contributed by atoms with E-state index in [9.17, 15) is 13.2 Å². The number of rotatable bonds is 6. The minimum atomic E-state index is -3.64. The molecule has 0 heterocycles. The first-order valence-electron chi connectivity index (χ1n) is 7.51. The van der Waals surface area contributed by atoms with Gasteiger partial charge < -0.3 is 5.32 Å². The van der Waals surface area contributed by atoms with Gasteiger partial charge >= 0.3 is 0 Å². The van der Waals surface area contributed by atoms with Gasteiger partial charge in [0.25, 0.3) is 0 Å². The molecule has 1 aromatic carbocycles. The zero-order chi connectivity index (χ0) is 17.9. The molecule has 0 aliphatic rings. The smallest absolute Gasteiger partial charge is 0.243 e. The summed E-state index contributed by atoms with van der Waals surface area (Å²) < 4.78 is 25.6. The number of benzene rings is 1. The van der Waals surface area contributed by atoms with Crippen LogP contribution >= 0.6 is 11.6 Å². The minimum absolute atomic E-state index is 0.0492. The van der Waals surface area contributed by atoms with E-state index in [0.29, 0.717) is 10.7 Å². The Morgan fingerprint density at radius 1 is 1.22 bits per heavy atom. The number of carbonyl (C=O) groups is 1. The van der Waals surface area contributed by atoms with Gasteiger partial charge in [0, 0.05) is 11.1 Å². The van der Waals surface area contributed by atoms with E-state index in [1.165, 1.54) is 0 Å². The van der Waals surface area contributed by atoms with Gasteiger partial charge in [-0.05, 0) is 44.4 Å². The second-order valence-corrected chi connectivity index (χ2v) is 8.50. The summed E-state index contributed by atoms with van der Waals surface area (Å²) in [6, 6.07) is 4.06. The molecular formula is C16H25ClN2O3S. The lowest BCUT2D eigenvalue weighted by molar-refractivity contribution is -0.122. The molecule has 23 heavy (non-hydrogen) atoms. The van der Waals surface area contributed by atoms with Crippen molar-refractivity contribution in [2.24, 2.45) is 5.92 Å². The van der Waals surface area contributed by atoms with Crippen molar-refractivity contribution in [2.75, 3.05) is 10.6 Å². The van der Waals surface area contributed by atoms with Crippen LogP contribution in [0.5, 0.6) is 0 Å². The van der Waals surface area contributed by atoms with Crippen molar-refractivity contribution in [1.82, 2.24) is 5.32 Å². The molecule has 2 atom stereocenters. The fourth-order valence-corrected chi connectivity index (χ4v) is 3.50. The maximum atomic E-state index is 12.5. The number of sulfonamides is 1. The molecule has 1 amide bonds. The quantitative estimate of drug-likeness (QED) is 0.848. The van der Waals surface area contributed by atoms with Crippen molar-refractivity contribution in [3.63, 3.8) is 0 Å². The minimum Gasteiger partial charge on any atom is -0.352 e. The van der Waals surface area contributed by atoms with Crippen molar-refractivity contribution in [3.8, 4) is 0 Å². The first-order valence-corrected chi connectivity index (χ1v) is 9.73. The molecule has 130 valence electrons. The normalized spacial score (nSPS) is 14.4. The van der Waals surface area contributed by atoms with E-state index in [1.54, 1.807) is 32.0 Å². The number of amides is 1. The zero-order valence-electron chi connectivity index (χ0n) is 14.4. The molecule has 1 aromatic rings. The number of nitrogens with one attached hydrogen (secondary N) is 1. The highest BCUT2D eigenvalue weighted by molar-refractivity contribution is 7.92. The molecule has 0 aromatic heterocycles. The zero-order valence-corrected chi connectivity index (χ0v) is 16.0. The number of carbonyl (C=O) groups excluding carboxylic acids is 1. The Morgan fingerprint density at radius 2 is 1.78 bits per heavy atom. The average molecular weight is 361 g/mol. The van der Waals surface area contributed by atoms with E-state index in [-0.39, 0.29) is 17.9 Å². The predicted octanol–water partition coefficient (Wildman–Crippen LogP) is 2.96. The molecule has 0 saturated carbocycles. The first kappa shape index (κ1) is 19.8. The van der Waals surface area contributed by atoms with Crippen LogP contribution < -0.4 is 9.62 Å². The molecule has 0 bridgehead atoms. The first-order chi connectivity index (χ1) is 10.4. The molecule has 0 aliphatic heterocycles. The Bertz CT molecular complexity index is 674. The maximum Gasteiger partial charge on any atom is 0.243 e. The van der Waals surface area contributed by atoms with Crippen LogP contribution in [0.2, 0.25) is 5.02 Å². The number of aryl methyl sites for hydroxylation is 1. The average Bonchev–Trinajstić information content (AvgIpc) is 2.40. The Labute approximate surface area is 144 Å². The van der Waals surface area contributed by atoms with Crippen molar-refractivity contribution in [1.29, 1.82) is 0 Å². The summed E-state index contributed by atoms with van der Waals surface area (Å²) in [4.78, 5) is 12.5. The molecule has 2 unspecified atom stereocenters. The highest BCUT2D eigenvalue weighted by Crippen LogP contribution is 2.28. The van der Waals surface area contributed by atoms with Gasteiger partial charge in [-0.3, -0.25) is 9.10 Å². The highest BCUT2D eigenvalue weighted by atomic mass is 35.5. The van der Waals surface area contributed by atoms with Crippen LogP contribution in [0.15, 0.2) is 18.2 Å². The molecule has 0 saturated heterocycles. The van der Waals surface area contributed by atoms with Gasteiger partial charge in [0.05, 0.1) is 11.9 Å². The predicted molar refractivity (Wildman–Crippen MR) is 95.4 cm³/mol. The van der Waals surface area contributed by atoms with Crippen molar-refractivity contribution < 1.29 is 13.2 Å². The van der Waals surface area contributed by atoms with E-state index in [2.05, 4.69) is 5.32 Å². The lowest BCUT2D eigenvalue weighted by Gasteiger charge is -2.31. The Hall–Kier alpha value is -1.27. The third-order valence-corrected chi connectivity index (χ3v) is 5.33. The number of hydrogen-bond acceptors (Lipinski definition) is 3. The van der Waals surface area contributed by atoms with Crippen LogP contribution in [0.4, 0.5) is 5.69 Å². The third kappa shape index (κ3) is 5.11. The van der Waals surface area contributed by atoms with Crippen LogP contribution in [0.3, 0.4) is 0 Å². The number of anilines is 1. The fraction of sp³-hybridized carbons (Fsp3) is 0.562. The Kier molecular flexibility index (Phi) is 6.48. The van der Waals surface area contributed by atoms with Crippen molar-refractivity contribution >= 4 is 33.2 Å². The van der Waals surface area contributed by atoms with Crippen molar-refractivity contribution in [3.05, 3.63) is 28.8 Å². The molecule has 1 N–H and O–H groups in total. The lowest BCUT2D eigenvalue weighted by Crippen LogP contribution is -2.50. The molecule has 0 radical (unpaired) electrons. The van der Waals surface area contributed by atoms with E-state index >= 15 is 0 Å². The maximum absolute atomic E-state index is 12.5. The molecule has 0 fully saturated rings. The van der Waals surface area contributed by atoms with Crippen LogP contribution in [-0.4, -0.2) is 32.7 Å². The van der Waals surface area contributed by atoms with Gasteiger partial charge in [-0.1, -0.05) is 31.5 Å². The molecule has 1 rings (SSSR count). The monoisotopic (exact) mass is 360 g/mol. The van der Waals surface area contributed by atoms with Gasteiger partial charge in [0.2, 0.25) is 15.9 Å². The molecule has 7 heteroatoms. The van der Waals surface area contributed by atoms with Gasteiger partial charge in [-0.15, -0.1) is 0 Å². The van der Waals surface area contributed by atoms with Gasteiger partial charge in [-0.25, -0.2) is 8.42 Å². The summed E-state index contributed by atoms with van der Waals surface area (Å²) in [6.45, 7) is 9.23. The molecular weight excluding hydrogens is 336 g/mol. The van der Waals surface area contributed by atoms with Crippen molar-refractivity contribution in [2.45, 2.75) is 46.7 Å². The van der Waals surface area contributed by atoms with Crippen LogP contribution in [-0.2, 0) is 14.8 Å². The fourth-order valence-electron chi connectivity index (χ4n) is 2.11. The third-order valence-electron chi connectivity index (χ3n) is 3.87. The number of hydrogen-bond donors (Lipinski definition) is 1. The highest BCUT2D eigenvalue weighted by Gasteiger charge is 2.31. The topological polar surface area (TPSA) is 66.5 Å². The largest absolute Gasteiger partial charge is 0.352 e. The van der Waals surface area contributed by atoms with E-state index in [1.807, 2.05) is 20.8 Å². The number of halogens is 1. The van der Waals surface area contributed by atoms with E-state index in [0.717, 1.165) is 16.1 Å². The summed E-state index contributed by atoms with van der Waals surface area (Å²) in [6.07, 6.45) is 1.09. The lowest BCUT2D eigenvalue weighted by atomic mass is 10.1. The Balaban J connectivity index is 3.23. The van der Waals surface area contributed by atoms with Gasteiger partial charge in [-0.2, -0.15) is 0 Å². The Morgan fingerprint density at radius 3 is 2.26 bits per heavy atom. The summed E-state index contributed by atoms with van der Waals surface area (Å²) in [5, 5.41) is 3.28. The van der Waals surface area contributed by atoms with Crippen LogP contribution in [0.1, 0.15) is 33.3 Å². The second-order valence-electron chi connectivity index (χ2n) is 6.21. The van der Waals surface area contributed by atoms with Crippen LogP contribution in [0.25, 0.3) is 0 Å². The van der Waals surface area contributed by atoms with E-state index in [4.69, 9.17) is 11.6 Å². The summed E-state index contributed by atoms with van der Waals surface area (Å²) >= 11 is 6.00. The van der Waals surface area contributed by atoms with Gasteiger partial charge in [0.1, 0.15) is 6.04 Å². The van der Waals surface area contributed by atoms with Crippen LogP contribution in [0, 0.1) is 12.8 Å². The standard InChI is InChI=1S/C16H25ClN2O3S/c1-10(2)12(4)18-16(20)13(5)19(23(6,21)22)15-9-14(17)8-7-11(15)3/h7-10,12-13H,1-6H3,(H,18,20). The molecule has 0 spiro atoms. The molecule has 0 aliphatic carbocycles. The summed E-state index contributed by atoms with van der Waals surface area (Å²) in [5.41, 5.74) is 1.15.